The van der Waals surface area contributed by atoms with Crippen molar-refractivity contribution < 1.29 is 0 Å². The van der Waals surface area contributed by atoms with Crippen LogP contribution in [0.3, 0.4) is 0 Å². The van der Waals surface area contributed by atoms with Crippen molar-refractivity contribution in [1.82, 2.24) is 15.0 Å². The van der Waals surface area contributed by atoms with Gasteiger partial charge < -0.3 is 0 Å². The number of hydrogen-bond donors (Lipinski definition) is 0. The Bertz CT molecular complexity index is 2460. The van der Waals surface area contributed by atoms with Crippen LogP contribution in [0.4, 0.5) is 0 Å². The van der Waals surface area contributed by atoms with Gasteiger partial charge >= 0.3 is 0 Å². The maximum atomic E-state index is 5.01. The molecule has 0 saturated heterocycles. The Labute approximate surface area is 293 Å². The van der Waals surface area contributed by atoms with Crippen molar-refractivity contribution >= 4 is 23.6 Å². The zero-order chi connectivity index (χ0) is 33.5. The molecule has 0 bridgehead atoms. The lowest BCUT2D eigenvalue weighted by molar-refractivity contribution is 1.07. The minimum atomic E-state index is -2.16. The highest BCUT2D eigenvalue weighted by molar-refractivity contribution is 7.13. The molecule has 236 valence electrons. The Morgan fingerprint density at radius 2 is 0.700 bits per heavy atom. The number of rotatable bonds is 6. The smallest absolute Gasteiger partial charge is 0.164 e. The molecular weight excluding hydrogens is 623 g/mol. The molecule has 3 nitrogen and oxygen atoms in total. The highest BCUT2D eigenvalue weighted by Gasteiger charge is 2.42. The van der Waals surface area contributed by atoms with E-state index in [0.717, 1.165) is 22.3 Å². The molecule has 0 spiro atoms. The third-order valence-electron chi connectivity index (χ3n) is 10.1. The topological polar surface area (TPSA) is 38.7 Å². The Balaban J connectivity index is 1.09. The van der Waals surface area contributed by atoms with Crippen molar-refractivity contribution in [3.8, 4) is 67.5 Å². The van der Waals surface area contributed by atoms with Gasteiger partial charge in [-0.2, -0.15) is 0 Å². The molecule has 9 rings (SSSR count). The first kappa shape index (κ1) is 29.9. The molecule has 0 radical (unpaired) electrons. The van der Waals surface area contributed by atoms with E-state index in [4.69, 9.17) is 15.0 Å². The molecule has 1 atom stereocenters. The summed E-state index contributed by atoms with van der Waals surface area (Å²) in [7, 11) is -2.16. The van der Waals surface area contributed by atoms with Crippen LogP contribution < -0.4 is 15.6 Å². The molecular formula is C46H33N3Si. The van der Waals surface area contributed by atoms with Crippen LogP contribution in [0.1, 0.15) is 0 Å². The summed E-state index contributed by atoms with van der Waals surface area (Å²) in [5, 5.41) is 4.40. The molecule has 1 aliphatic rings. The predicted molar refractivity (Wildman–Crippen MR) is 209 cm³/mol. The van der Waals surface area contributed by atoms with Crippen molar-refractivity contribution in [2.75, 3.05) is 0 Å². The Morgan fingerprint density at radius 3 is 1.28 bits per heavy atom. The fourth-order valence-electron chi connectivity index (χ4n) is 7.36. The lowest BCUT2D eigenvalue weighted by atomic mass is 9.99. The van der Waals surface area contributed by atoms with Gasteiger partial charge in [0.15, 0.2) is 17.5 Å². The summed E-state index contributed by atoms with van der Waals surface area (Å²) in [6, 6.07) is 64.7. The van der Waals surface area contributed by atoms with Crippen LogP contribution in [0.2, 0.25) is 6.55 Å². The van der Waals surface area contributed by atoms with E-state index in [0.29, 0.717) is 17.5 Å². The fraction of sp³-hybridized carbons (Fsp3) is 0.0217. The molecule has 2 heterocycles. The summed E-state index contributed by atoms with van der Waals surface area (Å²) in [5.41, 5.74) is 10.3. The Morgan fingerprint density at radius 1 is 0.320 bits per heavy atom. The Kier molecular flexibility index (Phi) is 7.37. The van der Waals surface area contributed by atoms with Gasteiger partial charge in [-0.25, -0.2) is 15.0 Å². The van der Waals surface area contributed by atoms with Gasteiger partial charge in [-0.05, 0) is 48.9 Å². The van der Waals surface area contributed by atoms with Gasteiger partial charge in [-0.1, -0.05) is 189 Å². The first-order valence-corrected chi connectivity index (χ1v) is 19.5. The van der Waals surface area contributed by atoms with Gasteiger partial charge in [0.1, 0.15) is 8.07 Å². The predicted octanol–water partition coefficient (Wildman–Crippen LogP) is 9.29. The zero-order valence-corrected chi connectivity index (χ0v) is 28.7. The van der Waals surface area contributed by atoms with Crippen molar-refractivity contribution in [2.24, 2.45) is 0 Å². The molecule has 0 amide bonds. The van der Waals surface area contributed by atoms with E-state index < -0.39 is 8.07 Å². The number of nitrogens with zero attached hydrogens (tertiary/aromatic N) is 3. The number of aromatic nitrogens is 3. The highest BCUT2D eigenvalue weighted by atomic mass is 28.3. The summed E-state index contributed by atoms with van der Waals surface area (Å²) in [6.07, 6.45) is 0. The molecule has 1 aromatic heterocycles. The van der Waals surface area contributed by atoms with Crippen LogP contribution in [-0.2, 0) is 0 Å². The summed E-state index contributed by atoms with van der Waals surface area (Å²) in [6.45, 7) is 2.50. The average Bonchev–Trinajstić information content (AvgIpc) is 3.47. The number of hydrogen-bond acceptors (Lipinski definition) is 3. The van der Waals surface area contributed by atoms with Crippen molar-refractivity contribution in [3.05, 3.63) is 182 Å². The summed E-state index contributed by atoms with van der Waals surface area (Å²) < 4.78 is 0. The van der Waals surface area contributed by atoms with Gasteiger partial charge in [0.2, 0.25) is 0 Å². The normalized spacial score (nSPS) is 14.6. The van der Waals surface area contributed by atoms with E-state index in [1.807, 2.05) is 36.4 Å². The molecule has 8 aromatic rings. The average molecular weight is 656 g/mol. The molecule has 1 unspecified atom stereocenters. The van der Waals surface area contributed by atoms with E-state index >= 15 is 0 Å². The van der Waals surface area contributed by atoms with Gasteiger partial charge in [-0.3, -0.25) is 0 Å². The van der Waals surface area contributed by atoms with Crippen LogP contribution in [0, 0.1) is 0 Å². The van der Waals surface area contributed by atoms with Crippen LogP contribution in [0.15, 0.2) is 182 Å². The quantitative estimate of drug-likeness (QED) is 0.168. The van der Waals surface area contributed by atoms with Gasteiger partial charge in [-0.15, -0.1) is 0 Å². The second-order valence-corrected chi connectivity index (χ2v) is 16.9. The molecule has 4 heteroatoms. The van der Waals surface area contributed by atoms with E-state index in [1.165, 1.54) is 43.4 Å². The maximum Gasteiger partial charge on any atom is 0.164 e. The van der Waals surface area contributed by atoms with Crippen molar-refractivity contribution in [1.29, 1.82) is 0 Å². The highest BCUT2D eigenvalue weighted by Crippen LogP contribution is 2.33. The van der Waals surface area contributed by atoms with E-state index in [9.17, 15) is 0 Å². The molecule has 0 aliphatic carbocycles. The lowest BCUT2D eigenvalue weighted by Crippen LogP contribution is -2.62. The molecule has 50 heavy (non-hydrogen) atoms. The minimum Gasteiger partial charge on any atom is -0.208 e. The summed E-state index contributed by atoms with van der Waals surface area (Å²) >= 11 is 0. The number of benzene rings is 7. The van der Waals surface area contributed by atoms with E-state index in [2.05, 4.69) is 152 Å². The van der Waals surface area contributed by atoms with Gasteiger partial charge in [0.05, 0.1) is 0 Å². The first-order valence-electron chi connectivity index (χ1n) is 17.0. The molecule has 0 saturated carbocycles. The fourth-order valence-corrected chi connectivity index (χ4v) is 11.5. The van der Waals surface area contributed by atoms with Crippen LogP contribution in [0.5, 0.6) is 0 Å². The second kappa shape index (κ2) is 12.3. The zero-order valence-electron chi connectivity index (χ0n) is 27.7. The molecule has 1 aliphatic heterocycles. The summed E-state index contributed by atoms with van der Waals surface area (Å²) in [5.74, 6) is 1.96. The number of fused-ring (bicyclic) bond motifs is 3. The standard InChI is InChI=1S/C46H33N3Si/c1-50(39-17-9-4-10-18-39)42-20-12-11-19-40(42)41-30-29-38(31-43(41)50)34-23-27-37(28-24-34)46-48-44(35-15-7-3-8-16-35)47-45(49-46)36-25-21-33(22-26-36)32-13-5-2-6-14-32/h2-31H,1H3. The lowest BCUT2D eigenvalue weighted by Gasteiger charge is -2.26. The Hall–Kier alpha value is -6.23. The second-order valence-electron chi connectivity index (χ2n) is 13.0. The van der Waals surface area contributed by atoms with Crippen LogP contribution in [-0.4, -0.2) is 23.0 Å². The summed E-state index contributed by atoms with van der Waals surface area (Å²) in [4.78, 5) is 14.9. The van der Waals surface area contributed by atoms with Crippen LogP contribution >= 0.6 is 0 Å². The maximum absolute atomic E-state index is 5.01. The van der Waals surface area contributed by atoms with Crippen LogP contribution in [0.25, 0.3) is 67.5 Å². The van der Waals surface area contributed by atoms with Crippen molar-refractivity contribution in [3.63, 3.8) is 0 Å². The first-order chi connectivity index (χ1) is 24.6. The van der Waals surface area contributed by atoms with Crippen molar-refractivity contribution in [2.45, 2.75) is 6.55 Å². The SMILES string of the molecule is C[Si]1(c2ccccc2)c2ccccc2-c2ccc(-c3ccc(-c4nc(-c5ccccc5)nc(-c5ccc(-c6ccccc6)cc5)n4)cc3)cc21. The minimum absolute atomic E-state index is 0.654. The molecule has 0 fully saturated rings. The third kappa shape index (κ3) is 5.18. The van der Waals surface area contributed by atoms with E-state index in [1.54, 1.807) is 0 Å². The molecule has 0 N–H and O–H groups in total. The van der Waals surface area contributed by atoms with Gasteiger partial charge in [0, 0.05) is 16.7 Å². The molecule has 7 aromatic carbocycles. The van der Waals surface area contributed by atoms with Gasteiger partial charge in [0.25, 0.3) is 0 Å². The largest absolute Gasteiger partial charge is 0.208 e. The third-order valence-corrected chi connectivity index (χ3v) is 14.6. The monoisotopic (exact) mass is 655 g/mol. The van der Waals surface area contributed by atoms with E-state index in [-0.39, 0.29) is 0 Å².